The highest BCUT2D eigenvalue weighted by Gasteiger charge is 2.07. The van der Waals surface area contributed by atoms with E-state index < -0.39 is 0 Å². The summed E-state index contributed by atoms with van der Waals surface area (Å²) >= 11 is 0. The summed E-state index contributed by atoms with van der Waals surface area (Å²) < 4.78 is 1.85. The van der Waals surface area contributed by atoms with Crippen molar-refractivity contribution in [3.63, 3.8) is 0 Å². The van der Waals surface area contributed by atoms with E-state index in [1.54, 1.807) is 6.20 Å². The fourth-order valence-corrected chi connectivity index (χ4v) is 2.01. The Hall–Kier alpha value is -2.36. The van der Waals surface area contributed by atoms with Gasteiger partial charge in [0, 0.05) is 23.3 Å². The molecule has 4 nitrogen and oxygen atoms in total. The molecule has 3 rings (SSSR count). The number of nitrogens with two attached hydrogens (primary N) is 1. The second kappa shape index (κ2) is 3.59. The minimum atomic E-state index is 0.531. The molecule has 2 aromatic heterocycles. The van der Waals surface area contributed by atoms with Crippen molar-refractivity contribution in [3.8, 4) is 5.69 Å². The molecule has 2 heterocycles. The number of hydrogen-bond acceptors (Lipinski definition) is 3. The summed E-state index contributed by atoms with van der Waals surface area (Å²) in [5, 5.41) is 5.37. The summed E-state index contributed by atoms with van der Waals surface area (Å²) in [7, 11) is 0. The van der Waals surface area contributed by atoms with Crippen LogP contribution in [-0.4, -0.2) is 14.8 Å². The molecule has 2 N–H and O–H groups in total. The van der Waals surface area contributed by atoms with Gasteiger partial charge in [0.1, 0.15) is 5.82 Å². The van der Waals surface area contributed by atoms with Crippen molar-refractivity contribution in [2.45, 2.75) is 6.92 Å². The Kier molecular flexibility index (Phi) is 2.08. The Bertz CT molecular complexity index is 679. The summed E-state index contributed by atoms with van der Waals surface area (Å²) in [6, 6.07) is 11.8. The third-order valence-corrected chi connectivity index (χ3v) is 2.76. The molecule has 84 valence electrons. The third-order valence-electron chi connectivity index (χ3n) is 2.76. The fraction of sp³-hybridized carbons (Fsp3) is 0.0769. The second-order valence-corrected chi connectivity index (χ2v) is 3.97. The average molecular weight is 224 g/mol. The standard InChI is InChI=1S/C13H12N4/c1-9-8-13(14)16-17(9)12-6-7-15-11-5-3-2-4-10(11)12/h2-8H,1H3,(H2,14,16). The van der Waals surface area contributed by atoms with Crippen molar-refractivity contribution >= 4 is 16.7 Å². The highest BCUT2D eigenvalue weighted by molar-refractivity contribution is 5.86. The molecule has 0 aliphatic heterocycles. The highest BCUT2D eigenvalue weighted by Crippen LogP contribution is 2.21. The number of benzene rings is 1. The third kappa shape index (κ3) is 1.54. The molecule has 0 fully saturated rings. The number of aromatic nitrogens is 3. The van der Waals surface area contributed by atoms with Gasteiger partial charge in [0.05, 0.1) is 11.2 Å². The molecule has 17 heavy (non-hydrogen) atoms. The van der Waals surface area contributed by atoms with Crippen LogP contribution in [0.3, 0.4) is 0 Å². The SMILES string of the molecule is Cc1cc(N)nn1-c1ccnc2ccccc12. The molecule has 0 saturated carbocycles. The minimum absolute atomic E-state index is 0.531. The monoisotopic (exact) mass is 224 g/mol. The number of nitrogens with zero attached hydrogens (tertiary/aromatic N) is 3. The molecule has 3 aromatic rings. The summed E-state index contributed by atoms with van der Waals surface area (Å²) in [5.74, 6) is 0.531. The number of pyridine rings is 1. The van der Waals surface area contributed by atoms with Crippen LogP contribution in [0.4, 0.5) is 5.82 Å². The van der Waals surface area contributed by atoms with Gasteiger partial charge in [0.15, 0.2) is 0 Å². The summed E-state index contributed by atoms with van der Waals surface area (Å²) in [6.45, 7) is 1.98. The van der Waals surface area contributed by atoms with Gasteiger partial charge in [-0.15, -0.1) is 0 Å². The molecule has 0 saturated heterocycles. The van der Waals surface area contributed by atoms with Crippen LogP contribution in [0.5, 0.6) is 0 Å². The van der Waals surface area contributed by atoms with Crippen LogP contribution in [0.1, 0.15) is 5.69 Å². The number of anilines is 1. The van der Waals surface area contributed by atoms with Gasteiger partial charge in [0.25, 0.3) is 0 Å². The number of rotatable bonds is 1. The molecule has 4 heteroatoms. The number of para-hydroxylation sites is 1. The zero-order valence-corrected chi connectivity index (χ0v) is 9.46. The Morgan fingerprint density at radius 3 is 2.76 bits per heavy atom. The summed E-state index contributed by atoms with van der Waals surface area (Å²) in [4.78, 5) is 4.33. The van der Waals surface area contributed by atoms with Crippen molar-refractivity contribution in [1.82, 2.24) is 14.8 Å². The first kappa shape index (κ1) is 9.84. The lowest BCUT2D eigenvalue weighted by atomic mass is 10.2. The van der Waals surface area contributed by atoms with E-state index >= 15 is 0 Å². The molecular formula is C13H12N4. The van der Waals surface area contributed by atoms with Crippen molar-refractivity contribution < 1.29 is 0 Å². The van der Waals surface area contributed by atoms with Gasteiger partial charge in [-0.1, -0.05) is 18.2 Å². The van der Waals surface area contributed by atoms with E-state index in [4.69, 9.17) is 5.73 Å². The summed E-state index contributed by atoms with van der Waals surface area (Å²) in [6.07, 6.45) is 1.79. The van der Waals surface area contributed by atoms with Crippen molar-refractivity contribution in [3.05, 3.63) is 48.3 Å². The molecular weight excluding hydrogens is 212 g/mol. The first-order valence-electron chi connectivity index (χ1n) is 5.42. The van der Waals surface area contributed by atoms with Crippen LogP contribution in [0.2, 0.25) is 0 Å². The lowest BCUT2D eigenvalue weighted by Gasteiger charge is -2.07. The molecule has 0 amide bonds. The maximum absolute atomic E-state index is 5.71. The van der Waals surface area contributed by atoms with E-state index in [2.05, 4.69) is 10.1 Å². The molecule has 0 spiro atoms. The van der Waals surface area contributed by atoms with Crippen molar-refractivity contribution in [2.24, 2.45) is 0 Å². The Labute approximate surface area is 98.7 Å². The Balaban J connectivity index is 2.34. The van der Waals surface area contributed by atoms with Crippen LogP contribution >= 0.6 is 0 Å². The van der Waals surface area contributed by atoms with Gasteiger partial charge in [-0.05, 0) is 19.1 Å². The largest absolute Gasteiger partial charge is 0.382 e. The number of hydrogen-bond donors (Lipinski definition) is 1. The lowest BCUT2D eigenvalue weighted by Crippen LogP contribution is -2.00. The topological polar surface area (TPSA) is 56.7 Å². The van der Waals surface area contributed by atoms with Gasteiger partial charge in [-0.2, -0.15) is 5.10 Å². The molecule has 1 aromatic carbocycles. The molecule has 0 unspecified atom stereocenters. The molecule has 0 atom stereocenters. The van der Waals surface area contributed by atoms with Crippen LogP contribution in [-0.2, 0) is 0 Å². The molecule has 0 aliphatic rings. The van der Waals surface area contributed by atoms with Crippen molar-refractivity contribution in [2.75, 3.05) is 5.73 Å². The van der Waals surface area contributed by atoms with E-state index in [0.717, 1.165) is 22.3 Å². The van der Waals surface area contributed by atoms with E-state index in [1.165, 1.54) is 0 Å². The van der Waals surface area contributed by atoms with Crippen LogP contribution in [0.15, 0.2) is 42.6 Å². The van der Waals surface area contributed by atoms with Crippen molar-refractivity contribution in [1.29, 1.82) is 0 Å². The van der Waals surface area contributed by atoms with E-state index in [1.807, 2.05) is 48.0 Å². The van der Waals surface area contributed by atoms with E-state index in [9.17, 15) is 0 Å². The van der Waals surface area contributed by atoms with Crippen LogP contribution in [0, 0.1) is 6.92 Å². The first-order chi connectivity index (χ1) is 8.25. The predicted octanol–water partition coefficient (Wildman–Crippen LogP) is 2.31. The van der Waals surface area contributed by atoms with Gasteiger partial charge in [-0.3, -0.25) is 4.98 Å². The molecule has 0 radical (unpaired) electrons. The van der Waals surface area contributed by atoms with E-state index in [0.29, 0.717) is 5.82 Å². The maximum atomic E-state index is 5.71. The normalized spacial score (nSPS) is 10.9. The molecule has 0 aliphatic carbocycles. The zero-order valence-electron chi connectivity index (χ0n) is 9.46. The highest BCUT2D eigenvalue weighted by atomic mass is 15.3. The number of aryl methyl sites for hydroxylation is 1. The minimum Gasteiger partial charge on any atom is -0.382 e. The number of nitrogen functional groups attached to an aromatic ring is 1. The van der Waals surface area contributed by atoms with Gasteiger partial charge >= 0.3 is 0 Å². The number of fused-ring (bicyclic) bond motifs is 1. The lowest BCUT2D eigenvalue weighted by molar-refractivity contribution is 0.857. The first-order valence-corrected chi connectivity index (χ1v) is 5.42. The fourth-order valence-electron chi connectivity index (χ4n) is 2.01. The summed E-state index contributed by atoms with van der Waals surface area (Å²) in [5.41, 5.74) is 8.69. The van der Waals surface area contributed by atoms with Crippen LogP contribution in [0.25, 0.3) is 16.6 Å². The zero-order chi connectivity index (χ0) is 11.8. The Morgan fingerprint density at radius 2 is 2.00 bits per heavy atom. The second-order valence-electron chi connectivity index (χ2n) is 3.97. The Morgan fingerprint density at radius 1 is 1.18 bits per heavy atom. The average Bonchev–Trinajstić information content (AvgIpc) is 2.68. The predicted molar refractivity (Wildman–Crippen MR) is 68.0 cm³/mol. The smallest absolute Gasteiger partial charge is 0.146 e. The molecule has 0 bridgehead atoms. The van der Waals surface area contributed by atoms with Crippen LogP contribution < -0.4 is 5.73 Å². The van der Waals surface area contributed by atoms with E-state index in [-0.39, 0.29) is 0 Å². The van der Waals surface area contributed by atoms with Gasteiger partial charge in [-0.25, -0.2) is 4.68 Å². The van der Waals surface area contributed by atoms with Gasteiger partial charge < -0.3 is 5.73 Å². The quantitative estimate of drug-likeness (QED) is 0.690. The maximum Gasteiger partial charge on any atom is 0.146 e. The van der Waals surface area contributed by atoms with Gasteiger partial charge in [0.2, 0.25) is 0 Å².